The predicted octanol–water partition coefficient (Wildman–Crippen LogP) is 5.52. The van der Waals surface area contributed by atoms with Crippen LogP contribution in [-0.4, -0.2) is 29.0 Å². The van der Waals surface area contributed by atoms with Gasteiger partial charge in [0.1, 0.15) is 5.82 Å². The number of rotatable bonds is 6. The number of benzene rings is 2. The number of amides is 2. The van der Waals surface area contributed by atoms with Crippen LogP contribution in [0.1, 0.15) is 32.8 Å². The van der Waals surface area contributed by atoms with Gasteiger partial charge in [-0.25, -0.2) is 4.39 Å². The second kappa shape index (κ2) is 9.66. The maximum Gasteiger partial charge on any atom is 0.254 e. The van der Waals surface area contributed by atoms with Gasteiger partial charge >= 0.3 is 0 Å². The van der Waals surface area contributed by atoms with E-state index in [4.69, 9.17) is 0 Å². The van der Waals surface area contributed by atoms with Gasteiger partial charge < -0.3 is 10.2 Å². The van der Waals surface area contributed by atoms with E-state index in [0.29, 0.717) is 36.5 Å². The van der Waals surface area contributed by atoms with Gasteiger partial charge in [0.25, 0.3) is 5.91 Å². The first kappa shape index (κ1) is 21.6. The van der Waals surface area contributed by atoms with Gasteiger partial charge in [-0.05, 0) is 72.3 Å². The van der Waals surface area contributed by atoms with E-state index in [1.54, 1.807) is 23.5 Å². The van der Waals surface area contributed by atoms with Crippen LogP contribution in [0.4, 0.5) is 10.1 Å². The fourth-order valence-electron chi connectivity index (χ4n) is 3.60. The Morgan fingerprint density at radius 3 is 2.77 bits per heavy atom. The third kappa shape index (κ3) is 5.17. The van der Waals surface area contributed by atoms with Crippen LogP contribution < -0.4 is 5.32 Å². The summed E-state index contributed by atoms with van der Waals surface area (Å²) in [4.78, 5) is 29.7. The Hall–Kier alpha value is -2.64. The topological polar surface area (TPSA) is 49.4 Å². The third-order valence-corrected chi connectivity index (χ3v) is 7.38. The molecular formula is C24H23FN2O2S2. The van der Waals surface area contributed by atoms with Gasteiger partial charge in [0.2, 0.25) is 5.91 Å². The molecule has 0 saturated heterocycles. The normalized spacial score (nSPS) is 13.0. The van der Waals surface area contributed by atoms with Crippen LogP contribution in [0, 0.1) is 12.7 Å². The molecule has 3 aromatic rings. The lowest BCUT2D eigenvalue weighted by Gasteiger charge is -2.28. The quantitative estimate of drug-likeness (QED) is 0.499. The summed E-state index contributed by atoms with van der Waals surface area (Å²) in [7, 11) is 0. The maximum atomic E-state index is 13.1. The summed E-state index contributed by atoms with van der Waals surface area (Å²) in [5, 5.41) is 5.01. The minimum atomic E-state index is -0.271. The van der Waals surface area contributed by atoms with Crippen molar-refractivity contribution in [1.82, 2.24) is 4.90 Å². The second-order valence-corrected chi connectivity index (χ2v) is 9.59. The van der Waals surface area contributed by atoms with E-state index in [1.807, 2.05) is 30.0 Å². The van der Waals surface area contributed by atoms with Gasteiger partial charge in [-0.2, -0.15) is 0 Å². The van der Waals surface area contributed by atoms with E-state index in [2.05, 4.69) is 16.8 Å². The molecule has 0 bridgehead atoms. The van der Waals surface area contributed by atoms with Crippen molar-refractivity contribution in [3.05, 3.63) is 81.3 Å². The van der Waals surface area contributed by atoms with Crippen molar-refractivity contribution in [2.45, 2.75) is 31.2 Å². The van der Waals surface area contributed by atoms with E-state index in [0.717, 1.165) is 16.9 Å². The largest absolute Gasteiger partial charge is 0.334 e. The smallest absolute Gasteiger partial charge is 0.254 e. The van der Waals surface area contributed by atoms with Crippen molar-refractivity contribution in [2.24, 2.45) is 0 Å². The Balaban J connectivity index is 1.36. The zero-order chi connectivity index (χ0) is 21.8. The summed E-state index contributed by atoms with van der Waals surface area (Å²) in [6.07, 6.45) is 1.21. The summed E-state index contributed by atoms with van der Waals surface area (Å²) in [6.45, 7) is 3.22. The lowest BCUT2D eigenvalue weighted by molar-refractivity contribution is -0.115. The minimum absolute atomic E-state index is 0.00249. The first-order valence-corrected chi connectivity index (χ1v) is 12.0. The Morgan fingerprint density at radius 1 is 1.16 bits per heavy atom. The Morgan fingerprint density at radius 2 is 1.97 bits per heavy atom. The molecule has 4 rings (SSSR count). The van der Waals surface area contributed by atoms with Crippen molar-refractivity contribution in [2.75, 3.05) is 17.6 Å². The summed E-state index contributed by atoms with van der Waals surface area (Å²) < 4.78 is 13.0. The zero-order valence-corrected chi connectivity index (χ0v) is 18.8. The summed E-state index contributed by atoms with van der Waals surface area (Å²) in [5.41, 5.74) is 3.29. The number of thiophene rings is 1. The molecule has 2 heterocycles. The first-order valence-electron chi connectivity index (χ1n) is 10.1. The molecule has 2 aromatic carbocycles. The van der Waals surface area contributed by atoms with Crippen LogP contribution >= 0.6 is 23.1 Å². The summed E-state index contributed by atoms with van der Waals surface area (Å²) in [6, 6.07) is 13.8. The lowest BCUT2D eigenvalue weighted by Crippen LogP contribution is -2.35. The molecule has 1 aromatic heterocycles. The van der Waals surface area contributed by atoms with Crippen LogP contribution in [0.25, 0.3) is 0 Å². The van der Waals surface area contributed by atoms with Crippen molar-refractivity contribution < 1.29 is 14.0 Å². The van der Waals surface area contributed by atoms with Crippen molar-refractivity contribution >= 4 is 40.6 Å². The average Bonchev–Trinajstić information content (AvgIpc) is 3.24. The Labute approximate surface area is 189 Å². The number of anilines is 1. The Bertz CT molecular complexity index is 1100. The highest BCUT2D eigenvalue weighted by Crippen LogP contribution is 2.27. The zero-order valence-electron chi connectivity index (χ0n) is 17.2. The molecule has 2 amide bonds. The van der Waals surface area contributed by atoms with E-state index in [-0.39, 0.29) is 17.6 Å². The van der Waals surface area contributed by atoms with Crippen LogP contribution in [0.3, 0.4) is 0 Å². The number of nitrogens with one attached hydrogen (secondary N) is 1. The van der Waals surface area contributed by atoms with Gasteiger partial charge in [-0.1, -0.05) is 6.07 Å². The standard InChI is InChI=1S/C24H23FN2O2S2/c1-16-20(24(29)27-12-9-22-17(15-27)10-13-31-22)3-2-4-21(16)26-23(28)11-14-30-19-7-5-18(25)6-8-19/h2-8,10,13H,9,11-12,14-15H2,1H3,(H,26,28). The monoisotopic (exact) mass is 454 g/mol. The molecule has 0 atom stereocenters. The molecule has 7 heteroatoms. The van der Waals surface area contributed by atoms with Crippen molar-refractivity contribution in [3.8, 4) is 0 Å². The molecule has 1 N–H and O–H groups in total. The minimum Gasteiger partial charge on any atom is -0.334 e. The highest BCUT2D eigenvalue weighted by atomic mass is 32.2. The lowest BCUT2D eigenvalue weighted by atomic mass is 10.0. The van der Waals surface area contributed by atoms with E-state index < -0.39 is 0 Å². The summed E-state index contributed by atoms with van der Waals surface area (Å²) in [5.74, 6) is 0.208. The van der Waals surface area contributed by atoms with E-state index in [1.165, 1.54) is 34.3 Å². The second-order valence-electron chi connectivity index (χ2n) is 7.42. The van der Waals surface area contributed by atoms with Gasteiger partial charge in [-0.15, -0.1) is 23.1 Å². The number of fused-ring (bicyclic) bond motifs is 1. The molecule has 31 heavy (non-hydrogen) atoms. The Kier molecular flexibility index (Phi) is 6.73. The molecule has 0 spiro atoms. The average molecular weight is 455 g/mol. The third-order valence-electron chi connectivity index (χ3n) is 5.34. The summed E-state index contributed by atoms with van der Waals surface area (Å²) >= 11 is 3.26. The fraction of sp³-hybridized carbons (Fsp3) is 0.250. The highest BCUT2D eigenvalue weighted by molar-refractivity contribution is 7.99. The molecule has 0 saturated carbocycles. The molecule has 1 aliphatic heterocycles. The number of thioether (sulfide) groups is 1. The predicted molar refractivity (Wildman–Crippen MR) is 124 cm³/mol. The number of carbonyl (C=O) groups excluding carboxylic acids is 2. The van der Waals surface area contributed by atoms with Crippen LogP contribution in [0.5, 0.6) is 0 Å². The highest BCUT2D eigenvalue weighted by Gasteiger charge is 2.24. The van der Waals surface area contributed by atoms with Crippen molar-refractivity contribution in [3.63, 3.8) is 0 Å². The van der Waals surface area contributed by atoms with Crippen molar-refractivity contribution in [1.29, 1.82) is 0 Å². The molecule has 0 aliphatic carbocycles. The van der Waals surface area contributed by atoms with Crippen LogP contribution in [0.2, 0.25) is 0 Å². The molecule has 1 aliphatic rings. The molecule has 160 valence electrons. The van der Waals surface area contributed by atoms with Gasteiger partial charge in [0.05, 0.1) is 0 Å². The number of halogens is 1. The fourth-order valence-corrected chi connectivity index (χ4v) is 5.34. The van der Waals surface area contributed by atoms with E-state index >= 15 is 0 Å². The molecular weight excluding hydrogens is 431 g/mol. The number of hydrogen-bond acceptors (Lipinski definition) is 4. The molecule has 0 unspecified atom stereocenters. The SMILES string of the molecule is Cc1c(NC(=O)CCSc2ccc(F)cc2)cccc1C(=O)N1CCc2sccc2C1. The number of carbonyl (C=O) groups is 2. The van der Waals surface area contributed by atoms with Crippen LogP contribution in [0.15, 0.2) is 58.8 Å². The molecule has 4 nitrogen and oxygen atoms in total. The van der Waals surface area contributed by atoms with Gasteiger partial charge in [0.15, 0.2) is 0 Å². The van der Waals surface area contributed by atoms with Gasteiger partial charge in [-0.3, -0.25) is 9.59 Å². The molecule has 0 radical (unpaired) electrons. The maximum absolute atomic E-state index is 13.1. The van der Waals surface area contributed by atoms with Crippen LogP contribution in [-0.2, 0) is 17.8 Å². The van der Waals surface area contributed by atoms with E-state index in [9.17, 15) is 14.0 Å². The molecule has 0 fully saturated rings. The first-order chi connectivity index (χ1) is 15.0. The van der Waals surface area contributed by atoms with Gasteiger partial charge in [0, 0.05) is 46.3 Å². The number of hydrogen-bond donors (Lipinski definition) is 1. The number of nitrogens with zero attached hydrogens (tertiary/aromatic N) is 1.